The van der Waals surface area contributed by atoms with Crippen molar-refractivity contribution in [2.24, 2.45) is 0 Å². The normalized spacial score (nSPS) is 10.6. The molecule has 0 radical (unpaired) electrons. The number of nitrogens with zero attached hydrogens (tertiary/aromatic N) is 2. The van der Waals surface area contributed by atoms with E-state index < -0.39 is 0 Å². The topological polar surface area (TPSA) is 43.8 Å². The van der Waals surface area contributed by atoms with Gasteiger partial charge in [-0.1, -0.05) is 17.7 Å². The number of hydrogen-bond donors (Lipinski definition) is 1. The van der Waals surface area contributed by atoms with Crippen LogP contribution in [0.3, 0.4) is 0 Å². The van der Waals surface area contributed by atoms with Crippen LogP contribution in [0.4, 0.5) is 5.69 Å². The van der Waals surface area contributed by atoms with Crippen LogP contribution in [0.2, 0.25) is 5.02 Å². The van der Waals surface area contributed by atoms with E-state index in [1.165, 1.54) is 0 Å². The fraction of sp³-hybridized carbons (Fsp3) is 0.182. The van der Waals surface area contributed by atoms with Crippen LogP contribution in [0.25, 0.3) is 5.69 Å². The fourth-order valence-electron chi connectivity index (χ4n) is 1.43. The molecule has 0 fully saturated rings. The molecular formula is C11H12ClN3. The molecule has 78 valence electrons. The van der Waals surface area contributed by atoms with E-state index in [0.29, 0.717) is 10.7 Å². The summed E-state index contributed by atoms with van der Waals surface area (Å²) in [6.45, 7) is 3.89. The standard InChI is InChI=1S/C11H12ClN3/c1-7-3-4-9(12)5-11(7)15-6-10(13)8(2)14-15/h3-6H,13H2,1-2H3. The average Bonchev–Trinajstić information content (AvgIpc) is 2.51. The van der Waals surface area contributed by atoms with Crippen LogP contribution in [0.5, 0.6) is 0 Å². The maximum atomic E-state index is 5.94. The summed E-state index contributed by atoms with van der Waals surface area (Å²) >= 11 is 5.94. The van der Waals surface area contributed by atoms with Gasteiger partial charge in [0.2, 0.25) is 0 Å². The third kappa shape index (κ3) is 1.83. The molecule has 1 heterocycles. The largest absolute Gasteiger partial charge is 0.396 e. The lowest BCUT2D eigenvalue weighted by molar-refractivity contribution is 0.856. The molecule has 1 aromatic heterocycles. The zero-order chi connectivity index (χ0) is 11.0. The van der Waals surface area contributed by atoms with Gasteiger partial charge in [0.05, 0.1) is 23.3 Å². The Hall–Kier alpha value is -1.48. The highest BCUT2D eigenvalue weighted by Crippen LogP contribution is 2.20. The number of halogens is 1. The average molecular weight is 222 g/mol. The lowest BCUT2D eigenvalue weighted by Crippen LogP contribution is -1.97. The van der Waals surface area contributed by atoms with Gasteiger partial charge in [0.25, 0.3) is 0 Å². The van der Waals surface area contributed by atoms with Crippen molar-refractivity contribution in [2.75, 3.05) is 5.73 Å². The van der Waals surface area contributed by atoms with E-state index in [1.807, 2.05) is 32.0 Å². The molecular weight excluding hydrogens is 210 g/mol. The zero-order valence-electron chi connectivity index (χ0n) is 8.66. The van der Waals surface area contributed by atoms with Crippen molar-refractivity contribution < 1.29 is 0 Å². The molecule has 0 spiro atoms. The molecule has 0 aliphatic rings. The second-order valence-corrected chi connectivity index (χ2v) is 3.98. The minimum Gasteiger partial charge on any atom is -0.396 e. The number of nitrogen functional groups attached to an aromatic ring is 1. The number of nitrogens with two attached hydrogens (primary N) is 1. The molecule has 0 aliphatic heterocycles. The monoisotopic (exact) mass is 221 g/mol. The molecule has 2 aromatic rings. The number of aryl methyl sites for hydroxylation is 2. The third-order valence-electron chi connectivity index (χ3n) is 2.35. The maximum absolute atomic E-state index is 5.94. The van der Waals surface area contributed by atoms with Crippen LogP contribution in [0.15, 0.2) is 24.4 Å². The van der Waals surface area contributed by atoms with Crippen molar-refractivity contribution >= 4 is 17.3 Å². The van der Waals surface area contributed by atoms with E-state index in [4.69, 9.17) is 17.3 Å². The predicted molar refractivity (Wildman–Crippen MR) is 62.5 cm³/mol. The smallest absolute Gasteiger partial charge is 0.0827 e. The van der Waals surface area contributed by atoms with E-state index in [9.17, 15) is 0 Å². The second kappa shape index (κ2) is 3.59. The first-order valence-corrected chi connectivity index (χ1v) is 5.04. The molecule has 0 saturated carbocycles. The van der Waals surface area contributed by atoms with Crippen molar-refractivity contribution in [3.63, 3.8) is 0 Å². The van der Waals surface area contributed by atoms with E-state index in [-0.39, 0.29) is 0 Å². The summed E-state index contributed by atoms with van der Waals surface area (Å²) in [7, 11) is 0. The van der Waals surface area contributed by atoms with Crippen molar-refractivity contribution in [1.82, 2.24) is 9.78 Å². The Morgan fingerprint density at radius 1 is 1.33 bits per heavy atom. The molecule has 0 unspecified atom stereocenters. The number of anilines is 1. The van der Waals surface area contributed by atoms with Crippen molar-refractivity contribution in [1.29, 1.82) is 0 Å². The summed E-state index contributed by atoms with van der Waals surface area (Å²) < 4.78 is 1.76. The van der Waals surface area contributed by atoms with Gasteiger partial charge in [-0.15, -0.1) is 0 Å². The molecule has 2 rings (SSSR count). The van der Waals surface area contributed by atoms with Gasteiger partial charge in [-0.2, -0.15) is 5.10 Å². The number of hydrogen-bond acceptors (Lipinski definition) is 2. The lowest BCUT2D eigenvalue weighted by atomic mass is 10.2. The van der Waals surface area contributed by atoms with Crippen LogP contribution in [-0.4, -0.2) is 9.78 Å². The predicted octanol–water partition coefficient (Wildman–Crippen LogP) is 2.72. The van der Waals surface area contributed by atoms with Gasteiger partial charge in [0.15, 0.2) is 0 Å². The molecule has 3 nitrogen and oxygen atoms in total. The summed E-state index contributed by atoms with van der Waals surface area (Å²) in [5.74, 6) is 0. The minimum absolute atomic E-state index is 0.689. The molecule has 0 saturated heterocycles. The van der Waals surface area contributed by atoms with E-state index >= 15 is 0 Å². The quantitative estimate of drug-likeness (QED) is 0.805. The first-order valence-electron chi connectivity index (χ1n) is 4.66. The third-order valence-corrected chi connectivity index (χ3v) is 2.59. The first-order chi connectivity index (χ1) is 7.08. The Morgan fingerprint density at radius 3 is 2.67 bits per heavy atom. The highest BCUT2D eigenvalue weighted by atomic mass is 35.5. The van der Waals surface area contributed by atoms with Gasteiger partial charge in [-0.3, -0.25) is 0 Å². The minimum atomic E-state index is 0.689. The number of aromatic nitrogens is 2. The van der Waals surface area contributed by atoms with E-state index in [2.05, 4.69) is 5.10 Å². The van der Waals surface area contributed by atoms with Crippen molar-refractivity contribution in [3.8, 4) is 5.69 Å². The molecule has 2 N–H and O–H groups in total. The maximum Gasteiger partial charge on any atom is 0.0827 e. The lowest BCUT2D eigenvalue weighted by Gasteiger charge is -2.05. The molecule has 0 bridgehead atoms. The van der Waals surface area contributed by atoms with Crippen LogP contribution in [-0.2, 0) is 0 Å². The summed E-state index contributed by atoms with van der Waals surface area (Å²) in [6, 6.07) is 5.70. The second-order valence-electron chi connectivity index (χ2n) is 3.55. The number of rotatable bonds is 1. The van der Waals surface area contributed by atoms with Crippen LogP contribution in [0, 0.1) is 13.8 Å². The summed E-state index contributed by atoms with van der Waals surface area (Å²) in [5.41, 5.74) is 9.34. The fourth-order valence-corrected chi connectivity index (χ4v) is 1.59. The Balaban J connectivity index is 2.58. The van der Waals surface area contributed by atoms with Crippen LogP contribution >= 0.6 is 11.6 Å². The highest BCUT2D eigenvalue weighted by molar-refractivity contribution is 6.30. The first kappa shape index (κ1) is 10.1. The molecule has 0 atom stereocenters. The zero-order valence-corrected chi connectivity index (χ0v) is 9.42. The van der Waals surface area contributed by atoms with Crippen LogP contribution < -0.4 is 5.73 Å². The summed E-state index contributed by atoms with van der Waals surface area (Å²) in [5, 5.41) is 5.01. The highest BCUT2D eigenvalue weighted by Gasteiger charge is 2.06. The Kier molecular flexibility index (Phi) is 2.40. The summed E-state index contributed by atoms with van der Waals surface area (Å²) in [6.07, 6.45) is 1.80. The Bertz CT molecular complexity index is 483. The van der Waals surface area contributed by atoms with E-state index in [1.54, 1.807) is 10.9 Å². The molecule has 4 heteroatoms. The van der Waals surface area contributed by atoms with Gasteiger partial charge < -0.3 is 5.73 Å². The molecule has 0 amide bonds. The molecule has 0 aliphatic carbocycles. The van der Waals surface area contributed by atoms with Gasteiger partial charge in [-0.05, 0) is 31.5 Å². The van der Waals surface area contributed by atoms with Gasteiger partial charge in [-0.25, -0.2) is 4.68 Å². The molecule has 15 heavy (non-hydrogen) atoms. The Labute approximate surface area is 93.5 Å². The van der Waals surface area contributed by atoms with Gasteiger partial charge in [0.1, 0.15) is 0 Å². The number of benzene rings is 1. The molecule has 1 aromatic carbocycles. The van der Waals surface area contributed by atoms with Gasteiger partial charge >= 0.3 is 0 Å². The van der Waals surface area contributed by atoms with Crippen molar-refractivity contribution in [2.45, 2.75) is 13.8 Å². The van der Waals surface area contributed by atoms with Crippen molar-refractivity contribution in [3.05, 3.63) is 40.7 Å². The summed E-state index contributed by atoms with van der Waals surface area (Å²) in [4.78, 5) is 0. The SMILES string of the molecule is Cc1ccc(Cl)cc1-n1cc(N)c(C)n1. The Morgan fingerprint density at radius 2 is 2.07 bits per heavy atom. The van der Waals surface area contributed by atoms with Crippen LogP contribution in [0.1, 0.15) is 11.3 Å². The van der Waals surface area contributed by atoms with Gasteiger partial charge in [0, 0.05) is 5.02 Å². The van der Waals surface area contributed by atoms with E-state index in [0.717, 1.165) is 16.9 Å².